The fraction of sp³-hybridized carbons (Fsp3) is 0.595. The second-order valence-electron chi connectivity index (χ2n) is 14.0. The van der Waals surface area contributed by atoms with E-state index in [-0.39, 0.29) is 56.1 Å². The minimum absolute atomic E-state index is 0.114. The number of nitrogens with zero attached hydrogens (tertiary/aromatic N) is 5. The van der Waals surface area contributed by atoms with Crippen LogP contribution in [0.15, 0.2) is 52.8 Å². The van der Waals surface area contributed by atoms with Gasteiger partial charge in [-0.2, -0.15) is 0 Å². The molecule has 3 aromatic rings. The summed E-state index contributed by atoms with van der Waals surface area (Å²) in [5, 5.41) is 25.0. The number of hydrogen-bond acceptors (Lipinski definition) is 10. The Morgan fingerprint density at radius 1 is 1.02 bits per heavy atom. The first-order valence-corrected chi connectivity index (χ1v) is 18.7. The molecule has 13 heteroatoms. The van der Waals surface area contributed by atoms with E-state index < -0.39 is 24.2 Å². The Balaban J connectivity index is 1.55. The summed E-state index contributed by atoms with van der Waals surface area (Å²) in [7, 11) is 1.69. The number of thiazole rings is 1. The number of amides is 3. The molecule has 0 bridgehead atoms. The highest BCUT2D eigenvalue weighted by Gasteiger charge is 2.37. The number of aliphatic hydroxyl groups excluding tert-OH is 2. The molecule has 0 aliphatic heterocycles. The van der Waals surface area contributed by atoms with Crippen molar-refractivity contribution < 1.29 is 29.0 Å². The Morgan fingerprint density at radius 2 is 1.78 bits per heavy atom. The molecule has 1 fully saturated rings. The molecule has 12 nitrogen and oxygen atoms in total. The second-order valence-corrected chi connectivity index (χ2v) is 14.9. The van der Waals surface area contributed by atoms with Crippen molar-refractivity contribution in [2.24, 2.45) is 11.8 Å². The first-order valence-electron chi connectivity index (χ1n) is 17.8. The lowest BCUT2D eigenvalue weighted by Gasteiger charge is -2.40. The van der Waals surface area contributed by atoms with Gasteiger partial charge in [0.05, 0.1) is 36.9 Å². The Morgan fingerprint density at radius 3 is 2.42 bits per heavy atom. The Labute approximate surface area is 299 Å². The summed E-state index contributed by atoms with van der Waals surface area (Å²) < 4.78 is 5.22. The molecule has 1 aliphatic carbocycles. The van der Waals surface area contributed by atoms with Gasteiger partial charge in [0.2, 0.25) is 17.7 Å². The Hall–Kier alpha value is -3.81. The number of likely N-dealkylation sites (N-methyl/N-ethyl adjacent to an activating group) is 1. The normalized spacial score (nSPS) is 15.4. The molecule has 4 rings (SSSR count). The number of anilines is 1. The summed E-state index contributed by atoms with van der Waals surface area (Å²) in [6.45, 7) is 4.53. The number of nitrogens with two attached hydrogens (primary N) is 1. The lowest BCUT2D eigenvalue weighted by Crippen LogP contribution is -2.55. The van der Waals surface area contributed by atoms with Crippen LogP contribution >= 0.6 is 11.3 Å². The minimum atomic E-state index is -1.25. The molecular weight excluding hydrogens is 657 g/mol. The molecule has 0 unspecified atom stereocenters. The molecule has 3 amide bonds. The highest BCUT2D eigenvalue weighted by atomic mass is 32.1. The fourth-order valence-corrected chi connectivity index (χ4v) is 7.20. The number of furan rings is 1. The predicted octanol–water partition coefficient (Wildman–Crippen LogP) is 4.66. The van der Waals surface area contributed by atoms with Gasteiger partial charge in [0.15, 0.2) is 5.13 Å². The van der Waals surface area contributed by atoms with E-state index in [1.165, 1.54) is 22.5 Å². The maximum Gasteiger partial charge on any atom is 0.241 e. The zero-order valence-corrected chi connectivity index (χ0v) is 30.5. The van der Waals surface area contributed by atoms with Crippen LogP contribution in [-0.2, 0) is 33.9 Å². The third kappa shape index (κ3) is 12.2. The van der Waals surface area contributed by atoms with Crippen molar-refractivity contribution in [1.82, 2.24) is 24.7 Å². The van der Waals surface area contributed by atoms with Crippen LogP contribution in [0.2, 0.25) is 0 Å². The van der Waals surface area contributed by atoms with Gasteiger partial charge < -0.3 is 35.1 Å². The summed E-state index contributed by atoms with van der Waals surface area (Å²) in [4.78, 5) is 55.0. The summed E-state index contributed by atoms with van der Waals surface area (Å²) >= 11 is 1.29. The maximum atomic E-state index is 14.3. The van der Waals surface area contributed by atoms with E-state index in [0.29, 0.717) is 36.6 Å². The molecular formula is C37H54N6O6S. The SMILES string of the molecule is CC(C)C[C@H](O)[C@H](O)[C@H](CC1CCCCC1)N(CC(=O)N(C)CCc1ccccn1)C(=O)CCC(=O)N(Cc1ccoc1)Cc1csc(N)n1. The largest absolute Gasteiger partial charge is 0.472 e. The van der Waals surface area contributed by atoms with Gasteiger partial charge in [-0.3, -0.25) is 19.4 Å². The van der Waals surface area contributed by atoms with Crippen molar-refractivity contribution in [2.75, 3.05) is 25.9 Å². The van der Waals surface area contributed by atoms with E-state index in [1.54, 1.807) is 40.8 Å². The summed E-state index contributed by atoms with van der Waals surface area (Å²) in [5.41, 5.74) is 8.13. The predicted molar refractivity (Wildman–Crippen MR) is 192 cm³/mol. The zero-order chi connectivity index (χ0) is 36.0. The number of aliphatic hydroxyl groups is 2. The molecule has 1 saturated carbocycles. The molecule has 1 aliphatic rings. The van der Waals surface area contributed by atoms with E-state index in [9.17, 15) is 24.6 Å². The molecule has 0 spiro atoms. The first-order chi connectivity index (χ1) is 24.0. The van der Waals surface area contributed by atoms with Gasteiger partial charge in [0.1, 0.15) is 12.6 Å². The van der Waals surface area contributed by atoms with Crippen LogP contribution in [0.3, 0.4) is 0 Å². The summed E-state index contributed by atoms with van der Waals surface area (Å²) in [5.74, 6) is -0.607. The molecule has 0 aromatic carbocycles. The second kappa shape index (κ2) is 19.5. The van der Waals surface area contributed by atoms with Crippen LogP contribution in [0.25, 0.3) is 0 Å². The van der Waals surface area contributed by atoms with Crippen molar-refractivity contribution in [3.05, 3.63) is 65.3 Å². The third-order valence-corrected chi connectivity index (χ3v) is 10.2. The van der Waals surface area contributed by atoms with Gasteiger partial charge in [-0.15, -0.1) is 11.3 Å². The van der Waals surface area contributed by atoms with E-state index in [4.69, 9.17) is 10.2 Å². The monoisotopic (exact) mass is 710 g/mol. The number of hydrogen-bond donors (Lipinski definition) is 3. The minimum Gasteiger partial charge on any atom is -0.472 e. The van der Waals surface area contributed by atoms with Gasteiger partial charge in [-0.1, -0.05) is 52.0 Å². The summed E-state index contributed by atoms with van der Waals surface area (Å²) in [6.07, 6.45) is 8.78. The third-order valence-electron chi connectivity index (χ3n) is 9.46. The quantitative estimate of drug-likeness (QED) is 0.160. The Bertz CT molecular complexity index is 1460. The number of rotatable bonds is 19. The van der Waals surface area contributed by atoms with Crippen molar-refractivity contribution >= 4 is 34.2 Å². The van der Waals surface area contributed by atoms with Crippen molar-refractivity contribution in [3.8, 4) is 0 Å². The smallest absolute Gasteiger partial charge is 0.241 e. The van der Waals surface area contributed by atoms with Crippen molar-refractivity contribution in [1.29, 1.82) is 0 Å². The van der Waals surface area contributed by atoms with E-state index in [2.05, 4.69) is 9.97 Å². The maximum absolute atomic E-state index is 14.3. The fourth-order valence-electron chi connectivity index (χ4n) is 6.65. The first kappa shape index (κ1) is 39.0. The zero-order valence-electron chi connectivity index (χ0n) is 29.7. The van der Waals surface area contributed by atoms with E-state index in [1.807, 2.05) is 32.0 Å². The molecule has 0 radical (unpaired) electrons. The van der Waals surface area contributed by atoms with Crippen LogP contribution < -0.4 is 5.73 Å². The molecule has 0 saturated heterocycles. The van der Waals surface area contributed by atoms with Crippen molar-refractivity contribution in [2.45, 2.75) is 109 Å². The standard InChI is InChI=1S/C37H54N6O6S/c1-26(2)19-32(44)36(48)31(20-27-9-5-4-6-10-27)43(23-35(47)41(3)17-14-29-11-7-8-16-39-29)34(46)13-12-33(45)42(21-28-15-18-49-24-28)22-30-25-50-37(38)40-30/h7-8,11,15-16,18,24-27,31-32,36,44,48H,4-6,9-10,12-14,17,19-23H2,1-3H3,(H2,38,40)/t31-,32-,36+/m0/s1. The highest BCUT2D eigenvalue weighted by molar-refractivity contribution is 7.13. The van der Waals surface area contributed by atoms with Gasteiger partial charge in [0.25, 0.3) is 0 Å². The lowest BCUT2D eigenvalue weighted by atomic mass is 9.81. The van der Waals surface area contributed by atoms with Gasteiger partial charge in [0, 0.05) is 62.2 Å². The van der Waals surface area contributed by atoms with Crippen LogP contribution in [0.4, 0.5) is 5.13 Å². The number of aromatic nitrogens is 2. The van der Waals surface area contributed by atoms with E-state index >= 15 is 0 Å². The van der Waals surface area contributed by atoms with Gasteiger partial charge >= 0.3 is 0 Å². The highest BCUT2D eigenvalue weighted by Crippen LogP contribution is 2.31. The lowest BCUT2D eigenvalue weighted by molar-refractivity contribution is -0.148. The van der Waals surface area contributed by atoms with E-state index in [0.717, 1.165) is 43.4 Å². The molecule has 3 heterocycles. The topological polar surface area (TPSA) is 166 Å². The average Bonchev–Trinajstić information content (AvgIpc) is 3.78. The molecule has 274 valence electrons. The molecule has 4 N–H and O–H groups in total. The number of pyridine rings is 1. The van der Waals surface area contributed by atoms with Crippen LogP contribution in [0.1, 0.15) is 88.6 Å². The van der Waals surface area contributed by atoms with Gasteiger partial charge in [-0.05, 0) is 42.9 Å². The van der Waals surface area contributed by atoms with Gasteiger partial charge in [-0.25, -0.2) is 4.98 Å². The Kier molecular flexibility index (Phi) is 15.2. The number of carbonyl (C=O) groups excluding carboxylic acids is 3. The number of nitrogen functional groups attached to an aromatic ring is 1. The van der Waals surface area contributed by atoms with Crippen LogP contribution in [-0.4, -0.2) is 91.0 Å². The van der Waals surface area contributed by atoms with Crippen LogP contribution in [0, 0.1) is 11.8 Å². The molecule has 50 heavy (non-hydrogen) atoms. The average molecular weight is 711 g/mol. The number of carbonyl (C=O) groups is 3. The summed E-state index contributed by atoms with van der Waals surface area (Å²) in [6, 6.07) is 6.62. The van der Waals surface area contributed by atoms with Crippen LogP contribution in [0.5, 0.6) is 0 Å². The molecule has 3 atom stereocenters. The van der Waals surface area contributed by atoms with Crippen molar-refractivity contribution in [3.63, 3.8) is 0 Å². The molecule has 3 aromatic heterocycles.